The van der Waals surface area contributed by atoms with E-state index < -0.39 is 0 Å². The fourth-order valence-electron chi connectivity index (χ4n) is 3.39. The van der Waals surface area contributed by atoms with Crippen molar-refractivity contribution in [1.29, 1.82) is 0 Å². The molecule has 1 heterocycles. The van der Waals surface area contributed by atoms with Crippen LogP contribution in [0.1, 0.15) is 22.8 Å². The second-order valence-corrected chi connectivity index (χ2v) is 7.37. The SMILES string of the molecule is CCN1/C(=C2\Cc3ccccc3C2=O)Sc2cc(N(C)C)ccc21. The number of benzene rings is 2. The van der Waals surface area contributed by atoms with Crippen molar-refractivity contribution in [1.82, 2.24) is 0 Å². The number of carbonyl (C=O) groups excluding carboxylic acids is 1. The summed E-state index contributed by atoms with van der Waals surface area (Å²) < 4.78 is 0. The van der Waals surface area contributed by atoms with Crippen LogP contribution in [0.15, 0.2) is 58.0 Å². The zero-order chi connectivity index (χ0) is 16.8. The van der Waals surface area contributed by atoms with Crippen LogP contribution in [-0.4, -0.2) is 26.4 Å². The Kier molecular flexibility index (Phi) is 3.65. The fourth-order valence-corrected chi connectivity index (χ4v) is 4.69. The number of anilines is 2. The summed E-state index contributed by atoms with van der Waals surface area (Å²) in [5.41, 5.74) is 5.34. The summed E-state index contributed by atoms with van der Waals surface area (Å²) in [6.07, 6.45) is 0.738. The number of Topliss-reactive ketones (excluding diaryl/α,β-unsaturated/α-hetero) is 1. The standard InChI is InChI=1S/C20H20N2OS/c1-4-22-17-10-9-14(21(2)3)12-18(17)24-20(22)16-11-13-7-5-6-8-15(13)19(16)23/h5-10,12H,4,11H2,1-3H3/b20-16-. The number of ketones is 1. The maximum absolute atomic E-state index is 12.9. The predicted molar refractivity (Wildman–Crippen MR) is 101 cm³/mol. The van der Waals surface area contributed by atoms with E-state index in [1.807, 2.05) is 18.2 Å². The van der Waals surface area contributed by atoms with Gasteiger partial charge in [0.25, 0.3) is 0 Å². The zero-order valence-electron chi connectivity index (χ0n) is 14.2. The molecule has 1 aliphatic carbocycles. The molecule has 0 amide bonds. The molecule has 2 aromatic carbocycles. The molecule has 24 heavy (non-hydrogen) atoms. The number of allylic oxidation sites excluding steroid dienone is 1. The Morgan fingerprint density at radius 2 is 1.96 bits per heavy atom. The van der Waals surface area contributed by atoms with Crippen LogP contribution >= 0.6 is 11.8 Å². The van der Waals surface area contributed by atoms with Crippen LogP contribution in [0, 0.1) is 0 Å². The quantitative estimate of drug-likeness (QED) is 0.762. The van der Waals surface area contributed by atoms with Gasteiger partial charge in [-0.25, -0.2) is 0 Å². The van der Waals surface area contributed by atoms with E-state index in [9.17, 15) is 4.79 Å². The molecule has 0 N–H and O–H groups in total. The fraction of sp³-hybridized carbons (Fsp3) is 0.250. The third kappa shape index (κ3) is 2.25. The minimum absolute atomic E-state index is 0.187. The highest BCUT2D eigenvalue weighted by atomic mass is 32.2. The summed E-state index contributed by atoms with van der Waals surface area (Å²) in [5.74, 6) is 0.187. The lowest BCUT2D eigenvalue weighted by molar-refractivity contribution is 0.103. The molecule has 0 saturated carbocycles. The molecule has 0 spiro atoms. The van der Waals surface area contributed by atoms with Crippen LogP contribution in [-0.2, 0) is 6.42 Å². The lowest BCUT2D eigenvalue weighted by atomic mass is 10.1. The second-order valence-electron chi connectivity index (χ2n) is 6.34. The van der Waals surface area contributed by atoms with Gasteiger partial charge in [0.1, 0.15) is 0 Å². The molecule has 4 heteroatoms. The molecule has 122 valence electrons. The number of nitrogens with zero attached hydrogens (tertiary/aromatic N) is 2. The average Bonchev–Trinajstić information content (AvgIpc) is 3.12. The van der Waals surface area contributed by atoms with Crippen molar-refractivity contribution in [3.05, 3.63) is 64.2 Å². The molecule has 0 unspecified atom stereocenters. The predicted octanol–water partition coefficient (Wildman–Crippen LogP) is 4.34. The Bertz CT molecular complexity index is 870. The van der Waals surface area contributed by atoms with Crippen molar-refractivity contribution in [2.75, 3.05) is 30.4 Å². The van der Waals surface area contributed by atoms with Gasteiger partial charge in [0.15, 0.2) is 5.78 Å². The number of fused-ring (bicyclic) bond motifs is 2. The Morgan fingerprint density at radius 3 is 2.67 bits per heavy atom. The minimum Gasteiger partial charge on any atom is -0.378 e. The van der Waals surface area contributed by atoms with Crippen LogP contribution in [0.25, 0.3) is 0 Å². The van der Waals surface area contributed by atoms with Crippen LogP contribution in [0.4, 0.5) is 11.4 Å². The van der Waals surface area contributed by atoms with Gasteiger partial charge in [-0.2, -0.15) is 0 Å². The molecule has 3 nitrogen and oxygen atoms in total. The number of hydrogen-bond donors (Lipinski definition) is 0. The van der Waals surface area contributed by atoms with Gasteiger partial charge < -0.3 is 9.80 Å². The smallest absolute Gasteiger partial charge is 0.192 e. The highest BCUT2D eigenvalue weighted by molar-refractivity contribution is 8.03. The molecule has 0 bridgehead atoms. The van der Waals surface area contributed by atoms with Crippen molar-refractivity contribution in [2.24, 2.45) is 0 Å². The molecular formula is C20H20N2OS. The van der Waals surface area contributed by atoms with E-state index in [0.717, 1.165) is 34.7 Å². The van der Waals surface area contributed by atoms with Gasteiger partial charge in [0.2, 0.25) is 0 Å². The molecule has 2 aliphatic rings. The second kappa shape index (κ2) is 5.71. The maximum Gasteiger partial charge on any atom is 0.192 e. The van der Waals surface area contributed by atoms with E-state index in [4.69, 9.17) is 0 Å². The van der Waals surface area contributed by atoms with Gasteiger partial charge in [-0.05, 0) is 30.7 Å². The summed E-state index contributed by atoms with van der Waals surface area (Å²) in [7, 11) is 4.10. The van der Waals surface area contributed by atoms with Crippen molar-refractivity contribution in [3.8, 4) is 0 Å². The topological polar surface area (TPSA) is 23.6 Å². The van der Waals surface area contributed by atoms with Gasteiger partial charge in [-0.1, -0.05) is 36.0 Å². The molecule has 0 saturated heterocycles. The summed E-state index contributed by atoms with van der Waals surface area (Å²) in [4.78, 5) is 18.5. The van der Waals surface area contributed by atoms with Crippen LogP contribution in [0.2, 0.25) is 0 Å². The van der Waals surface area contributed by atoms with E-state index in [-0.39, 0.29) is 5.78 Å². The molecule has 0 aromatic heterocycles. The Hall–Kier alpha value is -2.20. The van der Waals surface area contributed by atoms with Gasteiger partial charge in [0, 0.05) is 48.8 Å². The number of rotatable bonds is 2. The van der Waals surface area contributed by atoms with Crippen LogP contribution in [0.3, 0.4) is 0 Å². The maximum atomic E-state index is 12.9. The molecule has 0 atom stereocenters. The molecular weight excluding hydrogens is 316 g/mol. The average molecular weight is 336 g/mol. The van der Waals surface area contributed by atoms with Gasteiger partial charge in [-0.15, -0.1) is 0 Å². The summed E-state index contributed by atoms with van der Waals surface area (Å²) in [5, 5.41) is 1.10. The van der Waals surface area contributed by atoms with Crippen molar-refractivity contribution < 1.29 is 4.79 Å². The van der Waals surface area contributed by atoms with Crippen LogP contribution < -0.4 is 9.80 Å². The first-order chi connectivity index (χ1) is 11.6. The number of thioether (sulfide) groups is 1. The minimum atomic E-state index is 0.187. The van der Waals surface area contributed by atoms with Gasteiger partial charge in [-0.3, -0.25) is 4.79 Å². The Balaban J connectivity index is 1.79. The zero-order valence-corrected chi connectivity index (χ0v) is 15.0. The van der Waals surface area contributed by atoms with Crippen LogP contribution in [0.5, 0.6) is 0 Å². The van der Waals surface area contributed by atoms with E-state index in [1.54, 1.807) is 11.8 Å². The van der Waals surface area contributed by atoms with Crippen molar-refractivity contribution >= 4 is 28.9 Å². The first-order valence-corrected chi connectivity index (χ1v) is 9.04. The van der Waals surface area contributed by atoms with Crippen molar-refractivity contribution in [3.63, 3.8) is 0 Å². The molecule has 1 aliphatic heterocycles. The van der Waals surface area contributed by atoms with E-state index in [1.165, 1.54) is 16.3 Å². The van der Waals surface area contributed by atoms with E-state index in [2.05, 4.69) is 55.1 Å². The number of carbonyl (C=O) groups is 1. The first kappa shape index (κ1) is 15.3. The summed E-state index contributed by atoms with van der Waals surface area (Å²) in [6.45, 7) is 3.01. The van der Waals surface area contributed by atoms with E-state index >= 15 is 0 Å². The number of hydrogen-bond acceptors (Lipinski definition) is 4. The summed E-state index contributed by atoms with van der Waals surface area (Å²) in [6, 6.07) is 14.5. The lowest BCUT2D eigenvalue weighted by Gasteiger charge is -2.20. The van der Waals surface area contributed by atoms with E-state index in [0.29, 0.717) is 0 Å². The highest BCUT2D eigenvalue weighted by Crippen LogP contribution is 2.49. The molecule has 0 radical (unpaired) electrons. The van der Waals surface area contributed by atoms with Gasteiger partial charge >= 0.3 is 0 Å². The third-order valence-corrected chi connectivity index (χ3v) is 5.89. The third-order valence-electron chi connectivity index (χ3n) is 4.68. The Labute approximate surface area is 147 Å². The largest absolute Gasteiger partial charge is 0.378 e. The molecule has 4 rings (SSSR count). The Morgan fingerprint density at radius 1 is 1.17 bits per heavy atom. The summed E-state index contributed by atoms with van der Waals surface area (Å²) >= 11 is 1.73. The highest BCUT2D eigenvalue weighted by Gasteiger charge is 2.34. The van der Waals surface area contributed by atoms with Crippen molar-refractivity contribution in [2.45, 2.75) is 18.2 Å². The molecule has 2 aromatic rings. The lowest BCUT2D eigenvalue weighted by Crippen LogP contribution is -2.19. The normalized spacial score (nSPS) is 18.8. The van der Waals surface area contributed by atoms with Gasteiger partial charge in [0.05, 0.1) is 10.7 Å². The monoisotopic (exact) mass is 336 g/mol. The first-order valence-electron chi connectivity index (χ1n) is 8.22. The molecule has 0 fully saturated rings.